The minimum Gasteiger partial charge on any atom is -0.502 e. The normalized spacial score (nSPS) is 13.0. The van der Waals surface area contributed by atoms with E-state index in [4.69, 9.17) is 13.9 Å². The van der Waals surface area contributed by atoms with Gasteiger partial charge in [-0.1, -0.05) is 24.3 Å². The molecule has 0 amide bonds. The highest BCUT2D eigenvalue weighted by atomic mass is 16.5. The maximum Gasteiger partial charge on any atom is 0.226 e. The second-order valence-electron chi connectivity index (χ2n) is 7.55. The van der Waals surface area contributed by atoms with Gasteiger partial charge in [0, 0.05) is 12.0 Å². The number of hydrogen-bond acceptors (Lipinski definition) is 4. The van der Waals surface area contributed by atoms with Gasteiger partial charge in [-0.15, -0.1) is 0 Å². The van der Waals surface area contributed by atoms with Crippen molar-refractivity contribution in [2.45, 2.75) is 46.0 Å². The average molecular weight is 404 g/mol. The van der Waals surface area contributed by atoms with Crippen LogP contribution in [-0.2, 0) is 30.4 Å². The van der Waals surface area contributed by atoms with E-state index < -0.39 is 0 Å². The van der Waals surface area contributed by atoms with E-state index in [0.717, 1.165) is 48.5 Å². The van der Waals surface area contributed by atoms with E-state index >= 15 is 0 Å². The van der Waals surface area contributed by atoms with Crippen LogP contribution in [0.5, 0.6) is 5.75 Å². The van der Waals surface area contributed by atoms with Gasteiger partial charge >= 0.3 is 0 Å². The van der Waals surface area contributed by atoms with E-state index in [2.05, 4.69) is 23.2 Å². The Bertz CT molecular complexity index is 1000. The highest BCUT2D eigenvalue weighted by Crippen LogP contribution is 2.34. The predicted molar refractivity (Wildman–Crippen MR) is 119 cm³/mol. The number of fused-ring (bicyclic) bond motifs is 1. The summed E-state index contributed by atoms with van der Waals surface area (Å²) in [5.41, 5.74) is 6.17. The highest BCUT2D eigenvalue weighted by Gasteiger charge is 2.19. The summed E-state index contributed by atoms with van der Waals surface area (Å²) in [7, 11) is 0. The molecule has 0 atom stereocenters. The second-order valence-corrected chi connectivity index (χ2v) is 7.55. The molecular formula is C26H29NO3. The maximum atomic E-state index is 6.20. The average Bonchev–Trinajstić information content (AvgIpc) is 3.40. The molecular weight excluding hydrogens is 374 g/mol. The van der Waals surface area contributed by atoms with Crippen LogP contribution in [0, 0.1) is 6.92 Å². The standard InChI is InChI=1S/C26H29NO3/c1-3-28-17-8-11-20-14-15-25(23-13-7-12-22(20)23)29-18-16-24-19(2)30-26(27-24)21-9-5-4-6-10-21/h4-6,8-10,14-15,17H,3,7,11-13,16,18H2,1-2H3/b17-8-. The quantitative estimate of drug-likeness (QED) is 0.420. The van der Waals surface area contributed by atoms with Crippen molar-refractivity contribution >= 4 is 0 Å². The fraction of sp³-hybridized carbons (Fsp3) is 0.346. The third-order valence-electron chi connectivity index (χ3n) is 5.55. The Kier molecular flexibility index (Phi) is 6.53. The summed E-state index contributed by atoms with van der Waals surface area (Å²) in [6.45, 7) is 5.27. The van der Waals surface area contributed by atoms with Crippen LogP contribution in [0.25, 0.3) is 11.5 Å². The summed E-state index contributed by atoms with van der Waals surface area (Å²) >= 11 is 0. The summed E-state index contributed by atoms with van der Waals surface area (Å²) in [4.78, 5) is 4.68. The lowest BCUT2D eigenvalue weighted by Gasteiger charge is -2.13. The first-order valence-corrected chi connectivity index (χ1v) is 10.8. The predicted octanol–water partition coefficient (Wildman–Crippen LogP) is 5.85. The van der Waals surface area contributed by atoms with Crippen molar-refractivity contribution < 1.29 is 13.9 Å². The second kappa shape index (κ2) is 9.66. The van der Waals surface area contributed by atoms with Crippen molar-refractivity contribution in [1.82, 2.24) is 4.98 Å². The van der Waals surface area contributed by atoms with Crippen LogP contribution >= 0.6 is 0 Å². The molecule has 0 radical (unpaired) electrons. The largest absolute Gasteiger partial charge is 0.502 e. The molecule has 0 fully saturated rings. The van der Waals surface area contributed by atoms with Gasteiger partial charge in [-0.3, -0.25) is 0 Å². The molecule has 3 aromatic rings. The Morgan fingerprint density at radius 2 is 1.90 bits per heavy atom. The molecule has 0 unspecified atom stereocenters. The molecule has 2 aromatic carbocycles. The molecule has 156 valence electrons. The molecule has 0 saturated heterocycles. The summed E-state index contributed by atoms with van der Waals surface area (Å²) in [5, 5.41) is 0. The van der Waals surface area contributed by atoms with Crippen molar-refractivity contribution in [1.29, 1.82) is 0 Å². The molecule has 0 N–H and O–H groups in total. The molecule has 1 aliphatic carbocycles. The minimum atomic E-state index is 0.595. The number of hydrogen-bond donors (Lipinski definition) is 0. The van der Waals surface area contributed by atoms with Gasteiger partial charge in [-0.2, -0.15) is 0 Å². The van der Waals surface area contributed by atoms with Crippen LogP contribution in [-0.4, -0.2) is 18.2 Å². The minimum absolute atomic E-state index is 0.595. The van der Waals surface area contributed by atoms with Gasteiger partial charge in [-0.05, 0) is 80.5 Å². The molecule has 0 saturated carbocycles. The van der Waals surface area contributed by atoms with Crippen LogP contribution in [0.1, 0.15) is 41.5 Å². The fourth-order valence-corrected chi connectivity index (χ4v) is 4.04. The lowest BCUT2D eigenvalue weighted by molar-refractivity contribution is 0.268. The van der Waals surface area contributed by atoms with Gasteiger partial charge in [0.05, 0.1) is 25.2 Å². The first-order valence-electron chi connectivity index (χ1n) is 10.8. The van der Waals surface area contributed by atoms with Crippen molar-refractivity contribution in [2.24, 2.45) is 0 Å². The number of oxazole rings is 1. The van der Waals surface area contributed by atoms with Gasteiger partial charge in [-0.25, -0.2) is 4.98 Å². The SMILES string of the molecule is CCO/C=C\Cc1ccc(OCCc2nc(-c3ccccc3)oc2C)c2c1CCC2. The molecule has 0 spiro atoms. The van der Waals surface area contributed by atoms with E-state index in [1.165, 1.54) is 23.1 Å². The summed E-state index contributed by atoms with van der Waals surface area (Å²) < 4.78 is 17.4. The lowest BCUT2D eigenvalue weighted by Crippen LogP contribution is -2.05. The molecule has 1 aliphatic rings. The van der Waals surface area contributed by atoms with Gasteiger partial charge in [0.1, 0.15) is 11.5 Å². The first kappa shape index (κ1) is 20.3. The summed E-state index contributed by atoms with van der Waals surface area (Å²) in [6.07, 6.45) is 8.95. The van der Waals surface area contributed by atoms with Crippen LogP contribution in [0.4, 0.5) is 0 Å². The number of nitrogens with zero attached hydrogens (tertiary/aromatic N) is 1. The van der Waals surface area contributed by atoms with Crippen molar-refractivity contribution in [2.75, 3.05) is 13.2 Å². The first-order chi connectivity index (χ1) is 14.8. The number of aryl methyl sites for hydroxylation is 1. The Morgan fingerprint density at radius 3 is 2.73 bits per heavy atom. The number of allylic oxidation sites excluding steroid dienone is 1. The zero-order chi connectivity index (χ0) is 20.8. The molecule has 1 aromatic heterocycles. The van der Waals surface area contributed by atoms with E-state index in [9.17, 15) is 0 Å². The zero-order valence-corrected chi connectivity index (χ0v) is 17.8. The van der Waals surface area contributed by atoms with Gasteiger partial charge < -0.3 is 13.9 Å². The highest BCUT2D eigenvalue weighted by molar-refractivity contribution is 5.53. The Labute approximate surface area is 178 Å². The lowest BCUT2D eigenvalue weighted by atomic mass is 10.00. The summed E-state index contributed by atoms with van der Waals surface area (Å²) in [5.74, 6) is 2.55. The van der Waals surface area contributed by atoms with E-state index in [1.807, 2.05) is 44.2 Å². The number of ether oxygens (including phenoxy) is 2. The van der Waals surface area contributed by atoms with Crippen LogP contribution < -0.4 is 4.74 Å². The third-order valence-corrected chi connectivity index (χ3v) is 5.55. The topological polar surface area (TPSA) is 44.5 Å². The van der Waals surface area contributed by atoms with Crippen LogP contribution in [0.15, 0.2) is 59.2 Å². The number of aromatic nitrogens is 1. The molecule has 4 nitrogen and oxygen atoms in total. The van der Waals surface area contributed by atoms with E-state index in [-0.39, 0.29) is 0 Å². The van der Waals surface area contributed by atoms with Crippen LogP contribution in [0.3, 0.4) is 0 Å². The van der Waals surface area contributed by atoms with E-state index in [0.29, 0.717) is 19.1 Å². The third kappa shape index (κ3) is 4.59. The number of rotatable bonds is 9. The smallest absolute Gasteiger partial charge is 0.226 e. The number of benzene rings is 2. The van der Waals surface area contributed by atoms with Crippen molar-refractivity contribution in [3.63, 3.8) is 0 Å². The fourth-order valence-electron chi connectivity index (χ4n) is 4.04. The molecule has 4 rings (SSSR count). The summed E-state index contributed by atoms with van der Waals surface area (Å²) in [6, 6.07) is 14.3. The maximum absolute atomic E-state index is 6.20. The molecule has 0 bridgehead atoms. The van der Waals surface area contributed by atoms with Crippen molar-refractivity contribution in [3.8, 4) is 17.2 Å². The Morgan fingerprint density at radius 1 is 1.07 bits per heavy atom. The van der Waals surface area contributed by atoms with Crippen LogP contribution in [0.2, 0.25) is 0 Å². The molecule has 0 aliphatic heterocycles. The van der Waals surface area contributed by atoms with Gasteiger partial charge in [0.15, 0.2) is 0 Å². The monoisotopic (exact) mass is 403 g/mol. The molecule has 1 heterocycles. The Hall–Kier alpha value is -3.01. The van der Waals surface area contributed by atoms with Gasteiger partial charge in [0.2, 0.25) is 5.89 Å². The van der Waals surface area contributed by atoms with E-state index in [1.54, 1.807) is 6.26 Å². The van der Waals surface area contributed by atoms with Crippen molar-refractivity contribution in [3.05, 3.63) is 82.9 Å². The van der Waals surface area contributed by atoms with Gasteiger partial charge in [0.25, 0.3) is 0 Å². The molecule has 4 heteroatoms. The zero-order valence-electron chi connectivity index (χ0n) is 17.8. The Balaban J connectivity index is 1.40. The molecule has 30 heavy (non-hydrogen) atoms.